The van der Waals surface area contributed by atoms with Gasteiger partial charge in [0, 0.05) is 23.1 Å². The van der Waals surface area contributed by atoms with E-state index in [4.69, 9.17) is 20.8 Å². The van der Waals surface area contributed by atoms with Gasteiger partial charge in [0.2, 0.25) is 5.78 Å². The molecule has 1 spiro atoms. The number of furan rings is 1. The Hall–Kier alpha value is -3.56. The maximum absolute atomic E-state index is 14.7. The molecule has 1 amide bonds. The van der Waals surface area contributed by atoms with Crippen molar-refractivity contribution in [3.63, 3.8) is 0 Å². The lowest BCUT2D eigenvalue weighted by Crippen LogP contribution is -2.52. The number of ether oxygens (including phenoxy) is 1. The van der Waals surface area contributed by atoms with Crippen molar-refractivity contribution in [3.8, 4) is 11.3 Å². The van der Waals surface area contributed by atoms with E-state index in [1.807, 2.05) is 23.1 Å². The van der Waals surface area contributed by atoms with Crippen LogP contribution in [0.25, 0.3) is 11.3 Å². The van der Waals surface area contributed by atoms with Gasteiger partial charge in [0.25, 0.3) is 0 Å². The zero-order chi connectivity index (χ0) is 39.2. The molecule has 0 radical (unpaired) electrons. The molecular formula is C46H51ClF3NO5. The van der Waals surface area contributed by atoms with Gasteiger partial charge in [-0.05, 0) is 167 Å². The number of nitrogens with zero attached hydrogens (tertiary/aromatic N) is 1. The topological polar surface area (TPSA) is 80.0 Å². The van der Waals surface area contributed by atoms with Crippen molar-refractivity contribution in [1.82, 2.24) is 4.90 Å². The van der Waals surface area contributed by atoms with Crippen LogP contribution in [0, 0.1) is 28.6 Å². The Morgan fingerprint density at radius 3 is 2.43 bits per heavy atom. The summed E-state index contributed by atoms with van der Waals surface area (Å²) in [6, 6.07) is 11.8. The van der Waals surface area contributed by atoms with Gasteiger partial charge < -0.3 is 19.2 Å². The number of allylic oxidation sites excluding steroid dienone is 2. The molecule has 4 atom stereocenters. The molecule has 2 aromatic carbocycles. The zero-order valence-corrected chi connectivity index (χ0v) is 33.0. The Morgan fingerprint density at radius 1 is 0.982 bits per heavy atom. The highest BCUT2D eigenvalue weighted by Crippen LogP contribution is 2.64. The van der Waals surface area contributed by atoms with Crippen molar-refractivity contribution in [3.05, 3.63) is 93.2 Å². The maximum Gasteiger partial charge on any atom is 0.416 e. The van der Waals surface area contributed by atoms with Gasteiger partial charge >= 0.3 is 12.3 Å². The Balaban J connectivity index is 1.07. The van der Waals surface area contributed by atoms with Crippen LogP contribution < -0.4 is 0 Å². The van der Waals surface area contributed by atoms with Crippen LogP contribution in [0.3, 0.4) is 0 Å². The van der Waals surface area contributed by atoms with E-state index in [1.54, 1.807) is 0 Å². The first kappa shape index (κ1) is 38.0. The van der Waals surface area contributed by atoms with Gasteiger partial charge in [-0.15, -0.1) is 0 Å². The third kappa shape index (κ3) is 6.62. The van der Waals surface area contributed by atoms with Crippen LogP contribution in [-0.2, 0) is 17.3 Å². The van der Waals surface area contributed by atoms with Crippen molar-refractivity contribution in [2.24, 2.45) is 28.6 Å². The third-order valence-electron chi connectivity index (χ3n) is 15.0. The molecule has 6 nitrogen and oxygen atoms in total. The van der Waals surface area contributed by atoms with Gasteiger partial charge in [-0.2, -0.15) is 13.2 Å². The van der Waals surface area contributed by atoms with Gasteiger partial charge in [-0.25, -0.2) is 4.79 Å². The highest BCUT2D eigenvalue weighted by molar-refractivity contribution is 6.33. The lowest BCUT2D eigenvalue weighted by molar-refractivity contribution is -0.137. The van der Waals surface area contributed by atoms with Crippen LogP contribution >= 0.6 is 11.6 Å². The van der Waals surface area contributed by atoms with E-state index in [2.05, 4.69) is 19.9 Å². The number of benzene rings is 2. The average molecular weight is 790 g/mol. The van der Waals surface area contributed by atoms with E-state index in [9.17, 15) is 27.9 Å². The predicted octanol–water partition coefficient (Wildman–Crippen LogP) is 11.6. The van der Waals surface area contributed by atoms with Gasteiger partial charge in [-0.1, -0.05) is 42.3 Å². The first-order valence-corrected chi connectivity index (χ1v) is 21.0. The van der Waals surface area contributed by atoms with Crippen molar-refractivity contribution < 1.29 is 37.0 Å². The number of hydrogen-bond acceptors (Lipinski definition) is 5. The predicted molar refractivity (Wildman–Crippen MR) is 207 cm³/mol. The minimum Gasteiger partial charge on any atom is -0.453 e. The molecule has 2 heterocycles. The number of aliphatic hydroxyl groups is 1. The summed E-state index contributed by atoms with van der Waals surface area (Å²) in [7, 11) is 0. The summed E-state index contributed by atoms with van der Waals surface area (Å²) in [5.41, 5.74) is 1.39. The number of fused-ring (bicyclic) bond motifs is 8. The Morgan fingerprint density at radius 2 is 1.71 bits per heavy atom. The zero-order valence-electron chi connectivity index (χ0n) is 32.2. The summed E-state index contributed by atoms with van der Waals surface area (Å²) in [5.74, 6) is 1.84. The highest BCUT2D eigenvalue weighted by atomic mass is 35.5. The van der Waals surface area contributed by atoms with Crippen LogP contribution in [0.4, 0.5) is 18.0 Å². The molecule has 4 unspecified atom stereocenters. The van der Waals surface area contributed by atoms with E-state index in [0.717, 1.165) is 66.8 Å². The molecule has 10 heteroatoms. The van der Waals surface area contributed by atoms with Gasteiger partial charge in [0.05, 0.1) is 23.2 Å². The minimum atomic E-state index is -4.58. The number of amides is 1. The summed E-state index contributed by atoms with van der Waals surface area (Å²) in [6.07, 6.45) is 9.10. The van der Waals surface area contributed by atoms with Gasteiger partial charge in [-0.3, -0.25) is 4.79 Å². The second kappa shape index (κ2) is 13.8. The molecule has 56 heavy (non-hydrogen) atoms. The number of carbonyl (C=O) groups excluding carboxylic acids is 2. The Labute approximate surface area is 331 Å². The summed E-state index contributed by atoms with van der Waals surface area (Å²) < 4.78 is 53.6. The van der Waals surface area contributed by atoms with Crippen LogP contribution in [0.5, 0.6) is 0 Å². The molecule has 1 N–H and O–H groups in total. The quantitative estimate of drug-likeness (QED) is 0.206. The van der Waals surface area contributed by atoms with E-state index in [0.29, 0.717) is 37.8 Å². The maximum atomic E-state index is 14.7. The van der Waals surface area contributed by atoms with E-state index >= 15 is 0 Å². The SMILES string of the molecule is CC1=CCCC2(C)C(CCC23CN(CC24CC5CC(CC(C5)C2)C4)C(=O)O3)c2ccc(cc2C(=O)c2ccc(-c3cc(C(F)(F)F)ccc3Cl)o2)CC(O)CC1. The van der Waals surface area contributed by atoms with Crippen LogP contribution in [0.15, 0.2) is 64.6 Å². The number of alkyl halides is 3. The smallest absolute Gasteiger partial charge is 0.416 e. The standard InChI is InChI=1S/C46H51ClF3NO5/c1-27-4-3-14-43(2)37(13-15-45(43)26-51(42(54)56-45)25-44-22-29-16-30(23-44)18-31(17-29)24-44)34-9-6-28(19-33(52)8-5-27)20-35(34)41(53)40-12-11-39(55-40)36-21-32(46(48,49)50)7-10-38(36)47/h4,6-7,9-12,20-21,29-31,33,37,52H,3,5,8,13-19,22-26H2,1-2H3. The van der Waals surface area contributed by atoms with Crippen LogP contribution in [0.2, 0.25) is 5.02 Å². The highest BCUT2D eigenvalue weighted by Gasteiger charge is 2.65. The summed E-state index contributed by atoms with van der Waals surface area (Å²) in [5, 5.41) is 11.1. The lowest BCUT2D eigenvalue weighted by atomic mass is 9.49. The van der Waals surface area contributed by atoms with E-state index in [-0.39, 0.29) is 39.5 Å². The van der Waals surface area contributed by atoms with Crippen molar-refractivity contribution in [2.75, 3.05) is 13.1 Å². The fourth-order valence-corrected chi connectivity index (χ4v) is 12.8. The first-order chi connectivity index (χ1) is 26.6. The molecule has 8 aliphatic rings. The summed E-state index contributed by atoms with van der Waals surface area (Å²) >= 11 is 6.36. The molecule has 1 saturated heterocycles. The molecule has 7 aliphatic carbocycles. The van der Waals surface area contributed by atoms with Crippen molar-refractivity contribution in [1.29, 1.82) is 0 Å². The number of ketones is 1. The Kier molecular flexibility index (Phi) is 9.35. The number of hydrogen-bond donors (Lipinski definition) is 1. The molecule has 3 aromatic rings. The second-order valence-corrected chi connectivity index (χ2v) is 19.1. The average Bonchev–Trinajstić information content (AvgIpc) is 3.81. The Bertz CT molecular complexity index is 2050. The fourth-order valence-electron chi connectivity index (χ4n) is 12.6. The van der Waals surface area contributed by atoms with Gasteiger partial charge in [0.15, 0.2) is 5.76 Å². The molecule has 298 valence electrons. The monoisotopic (exact) mass is 789 g/mol. The lowest BCUT2D eigenvalue weighted by Gasteiger charge is -2.57. The molecule has 6 bridgehead atoms. The molecule has 1 aromatic heterocycles. The first-order valence-electron chi connectivity index (χ1n) is 20.6. The summed E-state index contributed by atoms with van der Waals surface area (Å²) in [4.78, 5) is 30.7. The third-order valence-corrected chi connectivity index (χ3v) is 15.3. The fraction of sp³-hybridized carbons (Fsp3) is 0.565. The molecule has 6 fully saturated rings. The minimum absolute atomic E-state index is 0.0180. The second-order valence-electron chi connectivity index (χ2n) is 18.7. The van der Waals surface area contributed by atoms with E-state index in [1.165, 1.54) is 62.3 Å². The van der Waals surface area contributed by atoms with Gasteiger partial charge in [0.1, 0.15) is 11.4 Å². The van der Waals surface area contributed by atoms with Crippen LogP contribution in [-0.4, -0.2) is 46.7 Å². The van der Waals surface area contributed by atoms with E-state index < -0.39 is 34.6 Å². The molecule has 11 rings (SSSR count). The molecular weight excluding hydrogens is 739 g/mol. The van der Waals surface area contributed by atoms with Crippen LogP contribution in [0.1, 0.15) is 130 Å². The molecule has 1 aliphatic heterocycles. The number of rotatable bonds is 5. The van der Waals surface area contributed by atoms with Crippen molar-refractivity contribution in [2.45, 2.75) is 121 Å². The number of halogens is 4. The number of carbonyl (C=O) groups is 2. The largest absolute Gasteiger partial charge is 0.453 e. The summed E-state index contributed by atoms with van der Waals surface area (Å²) in [6.45, 7) is 5.65. The molecule has 5 saturated carbocycles. The van der Waals surface area contributed by atoms with Crippen molar-refractivity contribution >= 4 is 23.5 Å². The normalized spacial score (nSPS) is 34.1. The number of aliphatic hydroxyl groups excluding tert-OH is 1.